The second kappa shape index (κ2) is 8.50. The van der Waals surface area contributed by atoms with E-state index in [1.54, 1.807) is 42.5 Å². The Morgan fingerprint density at radius 1 is 1.12 bits per heavy atom. The van der Waals surface area contributed by atoms with Crippen molar-refractivity contribution >= 4 is 17.3 Å². The van der Waals surface area contributed by atoms with Gasteiger partial charge in [0.15, 0.2) is 11.5 Å². The number of nitro groups is 1. The van der Waals surface area contributed by atoms with Gasteiger partial charge in [-0.05, 0) is 41.5 Å². The molecule has 2 N–H and O–H groups in total. The summed E-state index contributed by atoms with van der Waals surface area (Å²) in [6, 6.07) is 16.9. The van der Waals surface area contributed by atoms with Gasteiger partial charge in [-0.3, -0.25) is 10.1 Å². The Hall–Kier alpha value is -4.42. The molecule has 0 saturated carbocycles. The molecule has 3 aromatic carbocycles. The quantitative estimate of drug-likeness (QED) is 0.410. The Labute approximate surface area is 198 Å². The van der Waals surface area contributed by atoms with Crippen molar-refractivity contribution in [2.45, 2.75) is 12.5 Å². The molecule has 0 aromatic heterocycles. The lowest BCUT2D eigenvalue weighted by atomic mass is 9.83. The van der Waals surface area contributed by atoms with E-state index in [0.29, 0.717) is 33.6 Å². The Morgan fingerprint density at radius 2 is 1.85 bits per heavy atom. The minimum Gasteiger partial charge on any atom is -0.487 e. The summed E-state index contributed by atoms with van der Waals surface area (Å²) in [6.07, 6.45) is 0. The normalized spacial score (nSPS) is 15.8. The topological polar surface area (TPSA) is 130 Å². The minimum atomic E-state index is -0.524. The average Bonchev–Trinajstić information content (AvgIpc) is 3.28. The number of nitrogens with two attached hydrogens (primary N) is 1. The zero-order chi connectivity index (χ0) is 23.8. The van der Waals surface area contributed by atoms with E-state index in [0.717, 1.165) is 11.1 Å². The molecule has 0 bridgehead atoms. The highest BCUT2D eigenvalue weighted by Crippen LogP contribution is 2.48. The number of rotatable bonds is 5. The monoisotopic (exact) mass is 477 g/mol. The number of nitrogens with zero attached hydrogens (tertiary/aromatic N) is 2. The van der Waals surface area contributed by atoms with Crippen LogP contribution >= 0.6 is 11.6 Å². The van der Waals surface area contributed by atoms with Gasteiger partial charge in [0.25, 0.3) is 5.69 Å². The molecule has 2 aliphatic rings. The molecule has 0 aliphatic carbocycles. The summed E-state index contributed by atoms with van der Waals surface area (Å²) < 4.78 is 22.4. The van der Waals surface area contributed by atoms with Crippen LogP contribution in [0.25, 0.3) is 0 Å². The molecule has 0 amide bonds. The van der Waals surface area contributed by atoms with Crippen LogP contribution in [0.1, 0.15) is 22.6 Å². The molecule has 2 aliphatic heterocycles. The molecule has 0 fully saturated rings. The van der Waals surface area contributed by atoms with E-state index in [9.17, 15) is 15.4 Å². The van der Waals surface area contributed by atoms with Crippen molar-refractivity contribution in [2.75, 3.05) is 6.79 Å². The smallest absolute Gasteiger partial charge is 0.269 e. The van der Waals surface area contributed by atoms with Crippen LogP contribution in [0.5, 0.6) is 23.0 Å². The van der Waals surface area contributed by atoms with Gasteiger partial charge in [-0.2, -0.15) is 5.26 Å². The van der Waals surface area contributed by atoms with E-state index >= 15 is 0 Å². The molecule has 10 heteroatoms. The van der Waals surface area contributed by atoms with Crippen LogP contribution in [0, 0.1) is 21.4 Å². The average molecular weight is 478 g/mol. The largest absolute Gasteiger partial charge is 0.487 e. The van der Waals surface area contributed by atoms with Crippen molar-refractivity contribution < 1.29 is 23.9 Å². The fourth-order valence-corrected chi connectivity index (χ4v) is 4.12. The standard InChI is InChI=1S/C24H16ClN3O6/c25-18-7-14(3-6-19(18)31-11-13-1-4-15(5-2-13)28(29)30)23-16-8-21-22(33-12-32-21)9-20(16)34-24(27)17(23)10-26/h1-9,23H,11-12,27H2/t23-/m1/s1. The van der Waals surface area contributed by atoms with Gasteiger partial charge in [0.2, 0.25) is 12.7 Å². The molecule has 0 spiro atoms. The molecule has 2 heterocycles. The number of allylic oxidation sites excluding steroid dienone is 1. The van der Waals surface area contributed by atoms with Gasteiger partial charge >= 0.3 is 0 Å². The van der Waals surface area contributed by atoms with Crippen LogP contribution < -0.4 is 24.7 Å². The van der Waals surface area contributed by atoms with Gasteiger partial charge in [0, 0.05) is 23.8 Å². The lowest BCUT2D eigenvalue weighted by Crippen LogP contribution is -2.21. The number of halogens is 1. The van der Waals surface area contributed by atoms with Crippen molar-refractivity contribution in [1.82, 2.24) is 0 Å². The fourth-order valence-electron chi connectivity index (χ4n) is 3.88. The molecule has 9 nitrogen and oxygen atoms in total. The van der Waals surface area contributed by atoms with Crippen molar-refractivity contribution in [2.24, 2.45) is 5.73 Å². The number of non-ortho nitro benzene ring substituents is 1. The summed E-state index contributed by atoms with van der Waals surface area (Å²) in [5.74, 6) is 1.48. The first-order valence-electron chi connectivity index (χ1n) is 10.1. The first kappa shape index (κ1) is 21.4. The maximum absolute atomic E-state index is 10.8. The molecular formula is C24H16ClN3O6. The number of ether oxygens (including phenoxy) is 4. The Bertz CT molecular complexity index is 1380. The number of hydrogen-bond donors (Lipinski definition) is 1. The molecule has 0 unspecified atom stereocenters. The molecule has 3 aromatic rings. The van der Waals surface area contributed by atoms with E-state index in [4.69, 9.17) is 36.3 Å². The van der Waals surface area contributed by atoms with Gasteiger partial charge in [0.1, 0.15) is 29.7 Å². The third-order valence-corrected chi connectivity index (χ3v) is 5.84. The molecule has 170 valence electrons. The molecule has 0 saturated heterocycles. The predicted molar refractivity (Wildman–Crippen MR) is 121 cm³/mol. The lowest BCUT2D eigenvalue weighted by molar-refractivity contribution is -0.384. The summed E-state index contributed by atoms with van der Waals surface area (Å²) in [6.45, 7) is 0.278. The van der Waals surface area contributed by atoms with Crippen LogP contribution in [0.3, 0.4) is 0 Å². The van der Waals surface area contributed by atoms with Crippen molar-refractivity contribution in [3.8, 4) is 29.1 Å². The van der Waals surface area contributed by atoms with Gasteiger partial charge < -0.3 is 24.7 Å². The maximum atomic E-state index is 10.8. The first-order chi connectivity index (χ1) is 16.4. The van der Waals surface area contributed by atoms with Crippen LogP contribution in [-0.2, 0) is 6.61 Å². The summed E-state index contributed by atoms with van der Waals surface area (Å²) in [4.78, 5) is 10.3. The third-order valence-electron chi connectivity index (χ3n) is 5.54. The Kier molecular flexibility index (Phi) is 5.36. The first-order valence-corrected chi connectivity index (χ1v) is 10.5. The highest BCUT2D eigenvalue weighted by molar-refractivity contribution is 6.32. The zero-order valence-electron chi connectivity index (χ0n) is 17.5. The van der Waals surface area contributed by atoms with Crippen LogP contribution in [0.4, 0.5) is 5.69 Å². The van der Waals surface area contributed by atoms with Gasteiger partial charge in [-0.15, -0.1) is 0 Å². The lowest BCUT2D eigenvalue weighted by Gasteiger charge is -2.27. The Balaban J connectivity index is 1.43. The van der Waals surface area contributed by atoms with Gasteiger partial charge in [-0.1, -0.05) is 17.7 Å². The minimum absolute atomic E-state index is 0.00566. The summed E-state index contributed by atoms with van der Waals surface area (Å²) in [5, 5.41) is 20.9. The van der Waals surface area contributed by atoms with E-state index in [1.165, 1.54) is 12.1 Å². The zero-order valence-corrected chi connectivity index (χ0v) is 18.2. The number of benzene rings is 3. The maximum Gasteiger partial charge on any atom is 0.269 e. The van der Waals surface area contributed by atoms with Crippen molar-refractivity contribution in [3.63, 3.8) is 0 Å². The van der Waals surface area contributed by atoms with Crippen LogP contribution in [0.15, 0.2) is 66.1 Å². The van der Waals surface area contributed by atoms with E-state index in [-0.39, 0.29) is 30.5 Å². The second-order valence-electron chi connectivity index (χ2n) is 7.57. The molecular weight excluding hydrogens is 462 g/mol. The van der Waals surface area contributed by atoms with Gasteiger partial charge in [0.05, 0.1) is 15.9 Å². The summed E-state index contributed by atoms with van der Waals surface area (Å²) >= 11 is 6.51. The van der Waals surface area contributed by atoms with Crippen molar-refractivity contribution in [3.05, 3.63) is 97.9 Å². The number of nitro benzene ring substituents is 1. The number of fused-ring (bicyclic) bond motifs is 2. The highest BCUT2D eigenvalue weighted by atomic mass is 35.5. The molecule has 34 heavy (non-hydrogen) atoms. The summed E-state index contributed by atoms with van der Waals surface area (Å²) in [5.41, 5.74) is 8.48. The number of nitriles is 1. The van der Waals surface area contributed by atoms with E-state index in [2.05, 4.69) is 6.07 Å². The fraction of sp³-hybridized carbons (Fsp3) is 0.125. The Morgan fingerprint density at radius 3 is 2.53 bits per heavy atom. The van der Waals surface area contributed by atoms with Gasteiger partial charge in [-0.25, -0.2) is 0 Å². The highest BCUT2D eigenvalue weighted by Gasteiger charge is 2.33. The molecule has 1 atom stereocenters. The van der Waals surface area contributed by atoms with Crippen LogP contribution in [-0.4, -0.2) is 11.7 Å². The second-order valence-corrected chi connectivity index (χ2v) is 7.98. The summed E-state index contributed by atoms with van der Waals surface area (Å²) in [7, 11) is 0. The van der Waals surface area contributed by atoms with E-state index in [1.807, 2.05) is 0 Å². The molecule has 5 rings (SSSR count). The SMILES string of the molecule is N#CC1=C(N)Oc2cc3c(cc2[C@H]1c1ccc(OCc2ccc([N+](=O)[O-])cc2)c(Cl)c1)OCO3. The predicted octanol–water partition coefficient (Wildman–Crippen LogP) is 4.77. The number of hydrogen-bond acceptors (Lipinski definition) is 8. The molecule has 0 radical (unpaired) electrons. The van der Waals surface area contributed by atoms with E-state index < -0.39 is 10.8 Å². The van der Waals surface area contributed by atoms with Crippen LogP contribution in [0.2, 0.25) is 5.02 Å². The van der Waals surface area contributed by atoms with Crippen molar-refractivity contribution in [1.29, 1.82) is 5.26 Å². The third kappa shape index (κ3) is 3.80.